The summed E-state index contributed by atoms with van der Waals surface area (Å²) in [4.78, 5) is 7.84. The Hall–Kier alpha value is -5.22. The first-order valence-electron chi connectivity index (χ1n) is 21.9. The average molecular weight is 774 g/mol. The van der Waals surface area contributed by atoms with Gasteiger partial charge in [-0.15, -0.1) is 0 Å². The van der Waals surface area contributed by atoms with E-state index >= 15 is 0 Å². The van der Waals surface area contributed by atoms with E-state index in [9.17, 15) is 0 Å². The molecule has 0 N–H and O–H groups in total. The Morgan fingerprint density at radius 3 is 1.54 bits per heavy atom. The molecule has 298 valence electrons. The summed E-state index contributed by atoms with van der Waals surface area (Å²) in [5, 5.41) is 0. The predicted molar refractivity (Wildman–Crippen MR) is 255 cm³/mol. The van der Waals surface area contributed by atoms with Crippen molar-refractivity contribution in [2.45, 2.75) is 123 Å². The molecule has 3 aliphatic heterocycles. The smallest absolute Gasteiger partial charge is 0.252 e. The van der Waals surface area contributed by atoms with Crippen LogP contribution in [0, 0.1) is 6.92 Å². The number of fused-ring (bicyclic) bond motifs is 7. The first-order valence-corrected chi connectivity index (χ1v) is 21.9. The standard InChI is InChI=1S/C55H60BN3/c1-35-31-48-50-49(32-35)58(40-24-19-37(20-25-40)52(5,6)7)47-34-41(59-45-16-14-13-15-42(45)54(11)29-30-55(54,59)12)26-27-43(47)56(50)44-33-38(53(8,9)10)21-28-46(44)57(48)39-22-17-36(18-23-39)51(2,3)4/h13-28,31-34H,29-30H2,1-12H3. The number of para-hydroxylation sites is 1. The third-order valence-corrected chi connectivity index (χ3v) is 14.8. The number of rotatable bonds is 3. The molecule has 0 saturated heterocycles. The Labute approximate surface area is 354 Å². The van der Waals surface area contributed by atoms with Gasteiger partial charge in [-0.05, 0) is 148 Å². The highest BCUT2D eigenvalue weighted by molar-refractivity contribution is 7.00. The molecule has 3 nitrogen and oxygen atoms in total. The molecule has 3 heterocycles. The second kappa shape index (κ2) is 12.4. The molecule has 2 atom stereocenters. The molecule has 0 aromatic heterocycles. The number of benzene rings is 6. The molecule has 0 amide bonds. The maximum atomic E-state index is 2.69. The van der Waals surface area contributed by atoms with E-state index < -0.39 is 0 Å². The third kappa shape index (κ3) is 5.47. The minimum atomic E-state index is 0.000796. The monoisotopic (exact) mass is 773 g/mol. The lowest BCUT2D eigenvalue weighted by Crippen LogP contribution is -2.62. The normalized spacial score (nSPS) is 20.4. The van der Waals surface area contributed by atoms with Crippen molar-refractivity contribution in [1.82, 2.24) is 0 Å². The van der Waals surface area contributed by atoms with Crippen LogP contribution in [0.25, 0.3) is 0 Å². The summed E-state index contributed by atoms with van der Waals surface area (Å²) in [6.07, 6.45) is 2.39. The van der Waals surface area contributed by atoms with E-state index in [0.717, 1.165) is 0 Å². The van der Waals surface area contributed by atoms with Crippen LogP contribution in [0.5, 0.6) is 0 Å². The maximum Gasteiger partial charge on any atom is 0.252 e. The van der Waals surface area contributed by atoms with Crippen LogP contribution in [-0.4, -0.2) is 12.3 Å². The van der Waals surface area contributed by atoms with Crippen LogP contribution in [0.4, 0.5) is 45.5 Å². The van der Waals surface area contributed by atoms with Gasteiger partial charge in [0, 0.05) is 50.9 Å². The van der Waals surface area contributed by atoms with E-state index in [0.29, 0.717) is 0 Å². The van der Waals surface area contributed by atoms with Gasteiger partial charge in [-0.2, -0.15) is 0 Å². The van der Waals surface area contributed by atoms with Crippen molar-refractivity contribution in [3.05, 3.63) is 149 Å². The van der Waals surface area contributed by atoms with Crippen LogP contribution in [0.15, 0.2) is 121 Å². The van der Waals surface area contributed by atoms with Gasteiger partial charge < -0.3 is 14.7 Å². The van der Waals surface area contributed by atoms with Crippen LogP contribution < -0.4 is 31.1 Å². The van der Waals surface area contributed by atoms with Crippen LogP contribution in [-0.2, 0) is 21.7 Å². The maximum absolute atomic E-state index is 2.69. The van der Waals surface area contributed by atoms with Gasteiger partial charge in [-0.1, -0.05) is 130 Å². The zero-order valence-corrected chi connectivity index (χ0v) is 37.4. The first-order chi connectivity index (χ1) is 27.8. The number of anilines is 8. The molecule has 4 heteroatoms. The summed E-state index contributed by atoms with van der Waals surface area (Å²) in [7, 11) is 0. The lowest BCUT2D eigenvalue weighted by molar-refractivity contribution is 0.133. The molecule has 0 spiro atoms. The van der Waals surface area contributed by atoms with Crippen molar-refractivity contribution in [3.8, 4) is 0 Å². The van der Waals surface area contributed by atoms with Crippen molar-refractivity contribution in [2.24, 2.45) is 0 Å². The quantitative estimate of drug-likeness (QED) is 0.166. The minimum Gasteiger partial charge on any atom is -0.334 e. The molecule has 2 unspecified atom stereocenters. The summed E-state index contributed by atoms with van der Waals surface area (Å²) in [6.45, 7) is 28.2. The number of nitrogens with zero attached hydrogens (tertiary/aromatic N) is 3. The van der Waals surface area contributed by atoms with Crippen LogP contribution in [0.3, 0.4) is 0 Å². The number of hydrogen-bond acceptors (Lipinski definition) is 3. The molecule has 1 aliphatic carbocycles. The molecule has 6 aromatic rings. The molecule has 10 rings (SSSR count). The highest BCUT2D eigenvalue weighted by atomic mass is 15.3. The average Bonchev–Trinajstić information content (AvgIpc) is 3.31. The molecule has 59 heavy (non-hydrogen) atoms. The Morgan fingerprint density at radius 2 is 1.00 bits per heavy atom. The van der Waals surface area contributed by atoms with E-state index in [-0.39, 0.29) is 33.9 Å². The fraction of sp³-hybridized carbons (Fsp3) is 0.345. The summed E-state index contributed by atoms with van der Waals surface area (Å²) >= 11 is 0. The SMILES string of the molecule is Cc1cc2c3c(c1)N(c1ccc(C(C)(C)C)cc1)c1cc(N4c5ccccc5C5(C)CCC45C)ccc1B3c1cc(C(C)(C)C)ccc1N2c1ccc(C(C)(C)C)cc1. The number of aryl methyl sites for hydroxylation is 1. The highest BCUT2D eigenvalue weighted by Gasteiger charge is 2.63. The molecule has 1 saturated carbocycles. The lowest BCUT2D eigenvalue weighted by Gasteiger charge is -2.56. The molecular formula is C55H60BN3. The fourth-order valence-electron chi connectivity index (χ4n) is 11.0. The van der Waals surface area contributed by atoms with Gasteiger partial charge in [0.15, 0.2) is 0 Å². The van der Waals surface area contributed by atoms with Gasteiger partial charge in [-0.25, -0.2) is 0 Å². The highest BCUT2D eigenvalue weighted by Crippen LogP contribution is 2.65. The Bertz CT molecular complexity index is 2670. The van der Waals surface area contributed by atoms with Crippen LogP contribution in [0.1, 0.15) is 117 Å². The van der Waals surface area contributed by atoms with Gasteiger partial charge in [-0.3, -0.25) is 0 Å². The summed E-state index contributed by atoms with van der Waals surface area (Å²) in [5.74, 6) is 0. The molecule has 4 aliphatic rings. The van der Waals surface area contributed by atoms with Crippen molar-refractivity contribution in [2.75, 3.05) is 14.7 Å². The largest absolute Gasteiger partial charge is 0.334 e. The topological polar surface area (TPSA) is 9.72 Å². The Morgan fingerprint density at radius 1 is 0.475 bits per heavy atom. The third-order valence-electron chi connectivity index (χ3n) is 14.8. The fourth-order valence-corrected chi connectivity index (χ4v) is 11.0. The van der Waals surface area contributed by atoms with Gasteiger partial charge in [0.25, 0.3) is 6.71 Å². The van der Waals surface area contributed by atoms with Crippen molar-refractivity contribution >= 4 is 68.6 Å². The van der Waals surface area contributed by atoms with Crippen LogP contribution >= 0.6 is 0 Å². The van der Waals surface area contributed by atoms with Gasteiger partial charge in [0.1, 0.15) is 0 Å². The molecular weight excluding hydrogens is 713 g/mol. The molecule has 0 radical (unpaired) electrons. The van der Waals surface area contributed by atoms with Crippen molar-refractivity contribution < 1.29 is 0 Å². The molecule has 6 aromatic carbocycles. The van der Waals surface area contributed by atoms with Crippen molar-refractivity contribution in [3.63, 3.8) is 0 Å². The molecule has 1 fully saturated rings. The van der Waals surface area contributed by atoms with Gasteiger partial charge in [0.05, 0.1) is 5.54 Å². The van der Waals surface area contributed by atoms with E-state index in [1.807, 2.05) is 0 Å². The van der Waals surface area contributed by atoms with Crippen molar-refractivity contribution in [1.29, 1.82) is 0 Å². The zero-order valence-electron chi connectivity index (χ0n) is 37.4. The number of hydrogen-bond donors (Lipinski definition) is 0. The predicted octanol–water partition coefficient (Wildman–Crippen LogP) is 12.9. The Kier molecular flexibility index (Phi) is 8.00. The van der Waals surface area contributed by atoms with Crippen LogP contribution in [0.2, 0.25) is 0 Å². The second-order valence-corrected chi connectivity index (χ2v) is 21.6. The van der Waals surface area contributed by atoms with Gasteiger partial charge >= 0.3 is 0 Å². The van der Waals surface area contributed by atoms with E-state index in [4.69, 9.17) is 0 Å². The zero-order chi connectivity index (χ0) is 41.6. The van der Waals surface area contributed by atoms with E-state index in [2.05, 4.69) is 219 Å². The summed E-state index contributed by atoms with van der Waals surface area (Å²) in [5.41, 5.74) is 21.3. The Balaban J connectivity index is 1.25. The lowest BCUT2D eigenvalue weighted by atomic mass is 9.33. The van der Waals surface area contributed by atoms with E-state index in [1.54, 1.807) is 0 Å². The summed E-state index contributed by atoms with van der Waals surface area (Å²) in [6, 6.07) is 47.6. The minimum absolute atomic E-state index is 0.000796. The van der Waals surface area contributed by atoms with Gasteiger partial charge in [0.2, 0.25) is 0 Å². The summed E-state index contributed by atoms with van der Waals surface area (Å²) < 4.78 is 0. The second-order valence-electron chi connectivity index (χ2n) is 21.6. The van der Waals surface area contributed by atoms with E-state index in [1.165, 1.54) is 103 Å². The molecule has 0 bridgehead atoms. The first kappa shape index (κ1) is 38.0.